The Hall–Kier alpha value is 0.290. The van der Waals surface area contributed by atoms with Gasteiger partial charge in [0, 0.05) is 0 Å². The van der Waals surface area contributed by atoms with Gasteiger partial charge in [-0.3, -0.25) is 9.24 Å². The van der Waals surface area contributed by atoms with Gasteiger partial charge in [0.1, 0.15) is 5.54 Å². The smallest absolute Gasteiger partial charge is 0.324 e. The zero-order chi connectivity index (χ0) is 7.65. The van der Waals surface area contributed by atoms with Crippen LogP contribution in [-0.2, 0) is 4.79 Å². The molecule has 0 fully saturated rings. The minimum absolute atomic E-state index is 0.824. The number of carboxylic acid groups (broad SMARTS) is 1. The van der Waals surface area contributed by atoms with Crippen LogP contribution in [0.1, 0.15) is 13.8 Å². The van der Waals surface area contributed by atoms with E-state index in [1.807, 2.05) is 0 Å². The van der Waals surface area contributed by atoms with Gasteiger partial charge in [0.25, 0.3) is 0 Å². The third-order valence-corrected chi connectivity index (χ3v) is 2.46. The highest BCUT2D eigenvalue weighted by atomic mass is 31.1. The van der Waals surface area contributed by atoms with Crippen LogP contribution in [0.25, 0.3) is 0 Å². The van der Waals surface area contributed by atoms with Crippen LogP contribution in [0.3, 0.4) is 0 Å². The van der Waals surface area contributed by atoms with Gasteiger partial charge in [0.15, 0.2) is 0 Å². The lowest BCUT2D eigenvalue weighted by Crippen LogP contribution is -2.39. The Morgan fingerprint density at radius 3 is 1.89 bits per heavy atom. The highest BCUT2D eigenvalue weighted by Gasteiger charge is 2.29. The largest absolute Gasteiger partial charge is 0.480 e. The van der Waals surface area contributed by atoms with Crippen molar-refractivity contribution in [3.63, 3.8) is 0 Å². The zero-order valence-electron chi connectivity index (χ0n) is 5.46. The summed E-state index contributed by atoms with van der Waals surface area (Å²) in [6, 6.07) is 0. The maximum Gasteiger partial charge on any atom is 0.324 e. The molecule has 1 N–H and O–H groups in total. The van der Waals surface area contributed by atoms with Crippen LogP contribution < -0.4 is 0 Å². The van der Waals surface area contributed by atoms with Crippen molar-refractivity contribution in [3.8, 4) is 0 Å². The van der Waals surface area contributed by atoms with Crippen LogP contribution in [-0.4, -0.2) is 21.1 Å². The number of hydrogen-bond acceptors (Lipinski definition) is 2. The van der Waals surface area contributed by atoms with E-state index in [9.17, 15) is 4.79 Å². The Kier molecular flexibility index (Phi) is 3.01. The van der Waals surface area contributed by atoms with Crippen molar-refractivity contribution in [2.45, 2.75) is 19.4 Å². The van der Waals surface area contributed by atoms with Crippen LogP contribution in [0.2, 0.25) is 0 Å². The van der Waals surface area contributed by atoms with Crippen molar-refractivity contribution in [1.82, 2.24) is 4.44 Å². The molecule has 0 rings (SSSR count). The lowest BCUT2D eigenvalue weighted by atomic mass is 10.1. The summed E-state index contributed by atoms with van der Waals surface area (Å²) in [5.41, 5.74) is -0.824. The van der Waals surface area contributed by atoms with Crippen molar-refractivity contribution in [3.05, 3.63) is 0 Å². The molecule has 0 bridgehead atoms. The lowest BCUT2D eigenvalue weighted by Gasteiger charge is -2.26. The van der Waals surface area contributed by atoms with Crippen molar-refractivity contribution < 1.29 is 9.90 Å². The predicted molar refractivity (Wildman–Crippen MR) is 43.0 cm³/mol. The second-order valence-corrected chi connectivity index (χ2v) is 3.98. The molecule has 0 saturated carbocycles. The topological polar surface area (TPSA) is 40.5 Å². The van der Waals surface area contributed by atoms with Gasteiger partial charge in [-0.15, -0.1) is 0 Å². The van der Waals surface area contributed by atoms with Crippen molar-refractivity contribution in [1.29, 1.82) is 0 Å². The summed E-state index contributed by atoms with van der Waals surface area (Å²) in [6.45, 7) is 3.24. The third-order valence-electron chi connectivity index (χ3n) is 1.17. The summed E-state index contributed by atoms with van der Waals surface area (Å²) in [5, 5.41) is 8.54. The lowest BCUT2D eigenvalue weighted by molar-refractivity contribution is -0.144. The molecular formula is C4H11NO2P2. The van der Waals surface area contributed by atoms with Crippen LogP contribution in [0.15, 0.2) is 0 Å². The molecule has 0 aliphatic rings. The molecule has 0 aliphatic heterocycles. The number of carbonyl (C=O) groups is 1. The number of carboxylic acids is 1. The molecule has 0 aromatic rings. The van der Waals surface area contributed by atoms with Crippen LogP contribution in [0.4, 0.5) is 0 Å². The van der Waals surface area contributed by atoms with E-state index < -0.39 is 11.5 Å². The van der Waals surface area contributed by atoms with Gasteiger partial charge in [-0.1, -0.05) is 18.8 Å². The van der Waals surface area contributed by atoms with Gasteiger partial charge in [0.05, 0.1) is 0 Å². The Morgan fingerprint density at radius 2 is 1.89 bits per heavy atom. The second kappa shape index (κ2) is 2.92. The van der Waals surface area contributed by atoms with Crippen molar-refractivity contribution in [2.75, 3.05) is 0 Å². The minimum Gasteiger partial charge on any atom is -0.480 e. The highest BCUT2D eigenvalue weighted by molar-refractivity contribution is 7.31. The summed E-state index contributed by atoms with van der Waals surface area (Å²) >= 11 is 0. The first-order valence-electron chi connectivity index (χ1n) is 2.42. The Morgan fingerprint density at radius 1 is 1.56 bits per heavy atom. The Labute approximate surface area is 59.3 Å². The average molecular weight is 167 g/mol. The van der Waals surface area contributed by atoms with E-state index in [-0.39, 0.29) is 0 Å². The number of nitrogens with zero attached hydrogens (tertiary/aromatic N) is 1. The number of rotatable bonds is 2. The van der Waals surface area contributed by atoms with E-state index in [2.05, 4.69) is 18.8 Å². The molecule has 5 heteroatoms. The van der Waals surface area contributed by atoms with E-state index in [1.54, 1.807) is 13.8 Å². The van der Waals surface area contributed by atoms with Gasteiger partial charge in [-0.2, -0.15) is 0 Å². The minimum atomic E-state index is -0.840. The summed E-state index contributed by atoms with van der Waals surface area (Å²) in [4.78, 5) is 10.4. The van der Waals surface area contributed by atoms with Gasteiger partial charge >= 0.3 is 5.97 Å². The summed E-state index contributed by atoms with van der Waals surface area (Å²) in [6.07, 6.45) is 0. The predicted octanol–water partition coefficient (Wildman–Crippen LogP) is 0.732. The second-order valence-electron chi connectivity index (χ2n) is 2.27. The Bertz CT molecular complexity index is 124. The molecule has 0 amide bonds. The molecule has 0 heterocycles. The molecule has 0 saturated heterocycles. The fraction of sp³-hybridized carbons (Fsp3) is 0.750. The average Bonchev–Trinajstić information content (AvgIpc) is 1.65. The van der Waals surface area contributed by atoms with Crippen LogP contribution in [0, 0.1) is 0 Å². The maximum absolute atomic E-state index is 10.4. The molecule has 2 atom stereocenters. The van der Waals surface area contributed by atoms with E-state index >= 15 is 0 Å². The molecule has 54 valence electrons. The van der Waals surface area contributed by atoms with Gasteiger partial charge in [0.2, 0.25) is 0 Å². The Balaban J connectivity index is 4.19. The van der Waals surface area contributed by atoms with Crippen molar-refractivity contribution >= 4 is 24.8 Å². The fourth-order valence-corrected chi connectivity index (χ4v) is 0.331. The fourth-order valence-electron chi connectivity index (χ4n) is 0.110. The van der Waals surface area contributed by atoms with Gasteiger partial charge in [-0.25, -0.2) is 0 Å². The first-order chi connectivity index (χ1) is 3.89. The van der Waals surface area contributed by atoms with E-state index in [1.165, 1.54) is 4.44 Å². The quantitative estimate of drug-likeness (QED) is 0.616. The van der Waals surface area contributed by atoms with E-state index in [0.29, 0.717) is 0 Å². The molecule has 0 spiro atoms. The summed E-state index contributed by atoms with van der Waals surface area (Å²) < 4.78 is 1.50. The normalized spacial score (nSPS) is 12.1. The van der Waals surface area contributed by atoms with E-state index in [4.69, 9.17) is 5.11 Å². The van der Waals surface area contributed by atoms with Crippen molar-refractivity contribution in [2.24, 2.45) is 0 Å². The molecule has 0 aromatic heterocycles. The molecule has 2 unspecified atom stereocenters. The molecule has 0 radical (unpaired) electrons. The van der Waals surface area contributed by atoms with Crippen LogP contribution in [0.5, 0.6) is 0 Å². The third kappa shape index (κ3) is 2.17. The molecule has 0 aliphatic carbocycles. The SMILES string of the molecule is CC(C)(C(=O)O)N(P)P. The van der Waals surface area contributed by atoms with E-state index in [0.717, 1.165) is 0 Å². The van der Waals surface area contributed by atoms with Crippen LogP contribution >= 0.6 is 18.8 Å². The zero-order valence-corrected chi connectivity index (χ0v) is 7.77. The first-order valence-corrected chi connectivity index (χ1v) is 3.45. The molecular weight excluding hydrogens is 156 g/mol. The summed E-state index contributed by atoms with van der Waals surface area (Å²) in [7, 11) is 4.57. The highest BCUT2D eigenvalue weighted by Crippen LogP contribution is 2.23. The monoisotopic (exact) mass is 167 g/mol. The molecule has 3 nitrogen and oxygen atoms in total. The first kappa shape index (κ1) is 9.29. The summed E-state index contributed by atoms with van der Waals surface area (Å²) in [5.74, 6) is -0.840. The van der Waals surface area contributed by atoms with Gasteiger partial charge < -0.3 is 5.11 Å². The van der Waals surface area contributed by atoms with Gasteiger partial charge in [-0.05, 0) is 13.8 Å². The number of aliphatic carboxylic acids is 1. The molecule has 0 aromatic carbocycles. The molecule has 9 heavy (non-hydrogen) atoms. The maximum atomic E-state index is 10.4. The number of hydrogen-bond donors (Lipinski definition) is 1. The standard InChI is InChI=1S/C4H11NO2P2/c1-4(2,3(6)7)5(8)9/h8-9H2,1-2H3,(H,6,7).